The third kappa shape index (κ3) is 3.37. The monoisotopic (exact) mass is 296 g/mol. The molecule has 6 heteroatoms. The quantitative estimate of drug-likeness (QED) is 0.872. The Labute approximate surface area is 119 Å². The highest BCUT2D eigenvalue weighted by atomic mass is 32.2. The zero-order valence-electron chi connectivity index (χ0n) is 11.6. The summed E-state index contributed by atoms with van der Waals surface area (Å²) >= 11 is 0. The van der Waals surface area contributed by atoms with Crippen molar-refractivity contribution in [1.29, 1.82) is 0 Å². The van der Waals surface area contributed by atoms with Gasteiger partial charge in [0.1, 0.15) is 0 Å². The number of nitrogens with zero attached hydrogens (tertiary/aromatic N) is 1. The molecule has 1 aliphatic rings. The number of benzene rings is 1. The molecule has 20 heavy (non-hydrogen) atoms. The van der Waals surface area contributed by atoms with E-state index in [0.717, 1.165) is 11.1 Å². The maximum Gasteiger partial charge on any atom is 0.227 e. The number of sulfone groups is 1. The van der Waals surface area contributed by atoms with Crippen LogP contribution in [0.3, 0.4) is 0 Å². The third-order valence-corrected chi connectivity index (χ3v) is 5.47. The number of nitrogens with two attached hydrogens (primary N) is 1. The largest absolute Gasteiger partial charge is 0.338 e. The van der Waals surface area contributed by atoms with Crippen LogP contribution in [0.5, 0.6) is 0 Å². The highest BCUT2D eigenvalue weighted by Gasteiger charge is 2.31. The first-order valence-corrected chi connectivity index (χ1v) is 8.52. The molecule has 1 aliphatic heterocycles. The summed E-state index contributed by atoms with van der Waals surface area (Å²) in [5.41, 5.74) is 7.54. The number of hydrogen-bond donors (Lipinski definition) is 1. The lowest BCUT2D eigenvalue weighted by Gasteiger charge is -2.33. The van der Waals surface area contributed by atoms with Crippen molar-refractivity contribution in [2.75, 3.05) is 18.1 Å². The molecule has 1 aromatic carbocycles. The molecule has 1 heterocycles. The summed E-state index contributed by atoms with van der Waals surface area (Å²) in [6, 6.07) is 7.32. The van der Waals surface area contributed by atoms with Crippen molar-refractivity contribution in [1.82, 2.24) is 4.90 Å². The van der Waals surface area contributed by atoms with Gasteiger partial charge in [-0.1, -0.05) is 24.3 Å². The number of carbonyl (C=O) groups is 1. The maximum absolute atomic E-state index is 12.3. The second-order valence-corrected chi connectivity index (χ2v) is 7.43. The van der Waals surface area contributed by atoms with Crippen LogP contribution in [0.25, 0.3) is 0 Å². The Bertz CT molecular complexity index is 598. The molecule has 0 radical (unpaired) electrons. The van der Waals surface area contributed by atoms with Crippen LogP contribution < -0.4 is 5.73 Å². The molecule has 1 unspecified atom stereocenters. The van der Waals surface area contributed by atoms with E-state index in [1.807, 2.05) is 24.3 Å². The van der Waals surface area contributed by atoms with Gasteiger partial charge in [0.2, 0.25) is 5.91 Å². The minimum absolute atomic E-state index is 0.0340. The van der Waals surface area contributed by atoms with Gasteiger partial charge in [0, 0.05) is 19.1 Å². The van der Waals surface area contributed by atoms with Crippen molar-refractivity contribution in [3.63, 3.8) is 0 Å². The Morgan fingerprint density at radius 1 is 1.35 bits per heavy atom. The summed E-state index contributed by atoms with van der Waals surface area (Å²) < 4.78 is 23.1. The molecule has 1 saturated heterocycles. The molecule has 110 valence electrons. The van der Waals surface area contributed by atoms with Crippen LogP contribution in [0.4, 0.5) is 0 Å². The fraction of sp³-hybridized carbons (Fsp3) is 0.500. The highest BCUT2D eigenvalue weighted by Crippen LogP contribution is 2.15. The first-order chi connectivity index (χ1) is 9.43. The van der Waals surface area contributed by atoms with Gasteiger partial charge < -0.3 is 10.6 Å². The number of rotatable bonds is 3. The van der Waals surface area contributed by atoms with Crippen LogP contribution in [0.1, 0.15) is 18.1 Å². The van der Waals surface area contributed by atoms with Gasteiger partial charge in [-0.3, -0.25) is 4.79 Å². The van der Waals surface area contributed by atoms with Crippen LogP contribution >= 0.6 is 0 Å². The lowest BCUT2D eigenvalue weighted by atomic mass is 10.0. The summed E-state index contributed by atoms with van der Waals surface area (Å²) in [5.74, 6) is 0.0760. The molecule has 1 fully saturated rings. The van der Waals surface area contributed by atoms with Crippen molar-refractivity contribution in [2.24, 2.45) is 5.73 Å². The van der Waals surface area contributed by atoms with Crippen molar-refractivity contribution in [3.05, 3.63) is 35.4 Å². The van der Waals surface area contributed by atoms with Gasteiger partial charge in [-0.25, -0.2) is 8.42 Å². The Kier molecular flexibility index (Phi) is 4.45. The molecule has 2 rings (SSSR count). The first-order valence-electron chi connectivity index (χ1n) is 6.69. The van der Waals surface area contributed by atoms with Crippen molar-refractivity contribution in [3.8, 4) is 0 Å². The van der Waals surface area contributed by atoms with Gasteiger partial charge in [-0.15, -0.1) is 0 Å². The molecule has 0 saturated carbocycles. The minimum atomic E-state index is -3.00. The lowest BCUT2D eigenvalue weighted by Crippen LogP contribution is -2.50. The van der Waals surface area contributed by atoms with E-state index in [-0.39, 0.29) is 36.4 Å². The zero-order chi connectivity index (χ0) is 14.8. The van der Waals surface area contributed by atoms with Crippen LogP contribution in [-0.4, -0.2) is 43.3 Å². The van der Waals surface area contributed by atoms with Gasteiger partial charge in [0.05, 0.1) is 17.9 Å². The molecule has 2 N–H and O–H groups in total. The molecule has 0 aromatic heterocycles. The van der Waals surface area contributed by atoms with Crippen LogP contribution in [0.15, 0.2) is 24.3 Å². The van der Waals surface area contributed by atoms with Crippen molar-refractivity contribution >= 4 is 15.7 Å². The second-order valence-electron chi connectivity index (χ2n) is 5.20. The normalized spacial score (nSPS) is 21.7. The maximum atomic E-state index is 12.3. The molecule has 1 amide bonds. The Balaban J connectivity index is 2.09. The van der Waals surface area contributed by atoms with Gasteiger partial charge in [-0.05, 0) is 18.1 Å². The highest BCUT2D eigenvalue weighted by molar-refractivity contribution is 7.91. The lowest BCUT2D eigenvalue weighted by molar-refractivity contribution is -0.132. The fourth-order valence-electron chi connectivity index (χ4n) is 2.56. The van der Waals surface area contributed by atoms with Gasteiger partial charge in [0.25, 0.3) is 0 Å². The molecule has 1 aromatic rings. The summed E-state index contributed by atoms with van der Waals surface area (Å²) in [7, 11) is -3.00. The molecule has 0 aliphatic carbocycles. The van der Waals surface area contributed by atoms with Gasteiger partial charge in [-0.2, -0.15) is 0 Å². The average Bonchev–Trinajstić information content (AvgIpc) is 2.38. The molecule has 0 bridgehead atoms. The summed E-state index contributed by atoms with van der Waals surface area (Å²) in [6.45, 7) is 2.46. The number of carbonyl (C=O) groups excluding carboxylic acids is 1. The van der Waals surface area contributed by atoms with E-state index in [0.29, 0.717) is 6.54 Å². The second kappa shape index (κ2) is 5.93. The topological polar surface area (TPSA) is 80.5 Å². The average molecular weight is 296 g/mol. The van der Waals surface area contributed by atoms with Gasteiger partial charge >= 0.3 is 0 Å². The Hall–Kier alpha value is -1.40. The standard InChI is InChI=1S/C14H20N2O3S/c1-11-10-20(18,19)7-6-16(11)14(17)8-12-4-2-3-5-13(12)9-15/h2-5,11H,6-10,15H2,1H3. The van der Waals surface area contributed by atoms with E-state index in [4.69, 9.17) is 5.73 Å². The predicted molar refractivity (Wildman–Crippen MR) is 77.9 cm³/mol. The number of hydrogen-bond acceptors (Lipinski definition) is 4. The minimum Gasteiger partial charge on any atom is -0.338 e. The van der Waals surface area contributed by atoms with E-state index >= 15 is 0 Å². The molecule has 0 spiro atoms. The summed E-state index contributed by atoms with van der Waals surface area (Å²) in [6.07, 6.45) is 0.276. The van der Waals surface area contributed by atoms with E-state index in [1.54, 1.807) is 11.8 Å². The predicted octanol–water partition coefficient (Wildman–Crippen LogP) is 0.333. The summed E-state index contributed by atoms with van der Waals surface area (Å²) in [4.78, 5) is 14.0. The van der Waals surface area contributed by atoms with E-state index in [9.17, 15) is 13.2 Å². The SMILES string of the molecule is CC1CS(=O)(=O)CCN1C(=O)Cc1ccccc1CN. The van der Waals surface area contributed by atoms with Crippen LogP contribution in [0, 0.1) is 0 Å². The Morgan fingerprint density at radius 3 is 2.60 bits per heavy atom. The van der Waals surface area contributed by atoms with Crippen LogP contribution in [-0.2, 0) is 27.6 Å². The van der Waals surface area contributed by atoms with Crippen molar-refractivity contribution < 1.29 is 13.2 Å². The zero-order valence-corrected chi connectivity index (χ0v) is 12.4. The van der Waals surface area contributed by atoms with Gasteiger partial charge in [0.15, 0.2) is 9.84 Å². The molecular formula is C14H20N2O3S. The van der Waals surface area contributed by atoms with E-state index in [1.165, 1.54) is 0 Å². The van der Waals surface area contributed by atoms with E-state index in [2.05, 4.69) is 0 Å². The number of amides is 1. The van der Waals surface area contributed by atoms with Crippen molar-refractivity contribution in [2.45, 2.75) is 25.9 Å². The molecule has 5 nitrogen and oxygen atoms in total. The first kappa shape index (κ1) is 15.0. The Morgan fingerprint density at radius 2 is 2.00 bits per heavy atom. The van der Waals surface area contributed by atoms with E-state index < -0.39 is 9.84 Å². The van der Waals surface area contributed by atoms with Crippen LogP contribution in [0.2, 0.25) is 0 Å². The summed E-state index contributed by atoms with van der Waals surface area (Å²) in [5, 5.41) is 0. The smallest absolute Gasteiger partial charge is 0.227 e. The molecule has 1 atom stereocenters. The third-order valence-electron chi connectivity index (χ3n) is 3.67. The molecular weight excluding hydrogens is 276 g/mol. The fourth-order valence-corrected chi connectivity index (χ4v) is 4.12.